The molecule has 0 amide bonds. The summed E-state index contributed by atoms with van der Waals surface area (Å²) in [5.41, 5.74) is 0. The van der Waals surface area contributed by atoms with Crippen LogP contribution in [-0.2, 0) is 10.2 Å². The molecule has 5 nitrogen and oxygen atoms in total. The van der Waals surface area contributed by atoms with Crippen molar-refractivity contribution in [1.82, 2.24) is 13.8 Å². The van der Waals surface area contributed by atoms with Crippen molar-refractivity contribution in [3.63, 3.8) is 0 Å². The standard InChI is InChI=1S/C2H3N3O2S2/c6-9(7)3-5-4(9)1-2-8-5/h1-3H. The predicted molar refractivity (Wildman–Crippen MR) is 32.5 cm³/mol. The maximum Gasteiger partial charge on any atom is 0.332 e. The monoisotopic (exact) mass is 165 g/mol. The lowest BCUT2D eigenvalue weighted by atomic mass is 11.1. The fourth-order valence-electron chi connectivity index (χ4n) is 0.591. The lowest BCUT2D eigenvalue weighted by Gasteiger charge is -2.35. The van der Waals surface area contributed by atoms with E-state index in [4.69, 9.17) is 0 Å². The predicted octanol–water partition coefficient (Wildman–Crippen LogP) is -0.599. The minimum Gasteiger partial charge on any atom is -0.186 e. The number of hydrogen-bond donors (Lipinski definition) is 1. The van der Waals surface area contributed by atoms with Crippen molar-refractivity contribution in [2.24, 2.45) is 0 Å². The quantitative estimate of drug-likeness (QED) is 0.487. The number of hydrazine groups is 2. The highest BCUT2D eigenvalue weighted by molar-refractivity contribution is 8.02. The number of rotatable bonds is 0. The van der Waals surface area contributed by atoms with E-state index in [1.54, 1.807) is 5.41 Å². The molecule has 1 N–H and O–H groups in total. The second-order valence-electron chi connectivity index (χ2n) is 1.53. The highest BCUT2D eigenvalue weighted by Gasteiger charge is 2.41. The van der Waals surface area contributed by atoms with Crippen LogP contribution in [0.2, 0.25) is 0 Å². The molecule has 2 heterocycles. The maximum atomic E-state index is 10.6. The van der Waals surface area contributed by atoms with E-state index in [0.717, 1.165) is 4.41 Å². The summed E-state index contributed by atoms with van der Waals surface area (Å²) < 4.78 is 23.8. The van der Waals surface area contributed by atoms with Gasteiger partial charge in [-0.1, -0.05) is 9.35 Å². The summed E-state index contributed by atoms with van der Waals surface area (Å²) in [6.07, 6.45) is 1.48. The van der Waals surface area contributed by atoms with Gasteiger partial charge in [-0.05, 0) is 11.9 Å². The van der Waals surface area contributed by atoms with Crippen LogP contribution in [0.25, 0.3) is 0 Å². The van der Waals surface area contributed by atoms with Gasteiger partial charge >= 0.3 is 10.2 Å². The molecule has 0 aromatic rings. The van der Waals surface area contributed by atoms with Crippen molar-refractivity contribution in [3.05, 3.63) is 11.6 Å². The maximum absolute atomic E-state index is 10.6. The summed E-state index contributed by atoms with van der Waals surface area (Å²) in [6.45, 7) is 0. The fourth-order valence-corrected chi connectivity index (χ4v) is 2.65. The van der Waals surface area contributed by atoms with Crippen molar-refractivity contribution in [1.29, 1.82) is 0 Å². The lowest BCUT2D eigenvalue weighted by Crippen LogP contribution is -2.62. The molecule has 7 heteroatoms. The SMILES string of the molecule is O=S1(=O)NN2SC=CN21. The third-order valence-corrected chi connectivity index (χ3v) is 3.08. The van der Waals surface area contributed by atoms with Gasteiger partial charge in [-0.3, -0.25) is 0 Å². The first-order valence-corrected chi connectivity index (χ1v) is 4.43. The van der Waals surface area contributed by atoms with E-state index < -0.39 is 10.2 Å². The van der Waals surface area contributed by atoms with E-state index in [9.17, 15) is 8.42 Å². The lowest BCUT2D eigenvalue weighted by molar-refractivity contribution is 0.154. The second kappa shape index (κ2) is 1.43. The summed E-state index contributed by atoms with van der Waals surface area (Å²) >= 11 is 1.28. The van der Waals surface area contributed by atoms with Gasteiger partial charge in [0.05, 0.1) is 0 Å². The normalized spacial score (nSPS) is 30.0. The highest BCUT2D eigenvalue weighted by atomic mass is 32.2. The van der Waals surface area contributed by atoms with Gasteiger partial charge < -0.3 is 0 Å². The third-order valence-electron chi connectivity index (χ3n) is 0.968. The molecule has 0 aromatic heterocycles. The van der Waals surface area contributed by atoms with Crippen LogP contribution in [0.1, 0.15) is 0 Å². The van der Waals surface area contributed by atoms with E-state index in [1.165, 1.54) is 22.7 Å². The Morgan fingerprint density at radius 1 is 1.56 bits per heavy atom. The fraction of sp³-hybridized carbons (Fsp3) is 0. The summed E-state index contributed by atoms with van der Waals surface area (Å²) in [6, 6.07) is 0. The van der Waals surface area contributed by atoms with E-state index in [1.807, 2.05) is 0 Å². The van der Waals surface area contributed by atoms with Crippen molar-refractivity contribution in [3.8, 4) is 0 Å². The minimum atomic E-state index is -3.16. The Balaban J connectivity index is 2.36. The molecule has 1 saturated heterocycles. The van der Waals surface area contributed by atoms with Crippen LogP contribution in [0.4, 0.5) is 0 Å². The van der Waals surface area contributed by atoms with Gasteiger partial charge in [0.25, 0.3) is 0 Å². The van der Waals surface area contributed by atoms with E-state index in [0.29, 0.717) is 0 Å². The first kappa shape index (κ1) is 5.54. The number of nitrogens with one attached hydrogen (secondary N) is 1. The molecular formula is C2H3N3O2S2. The molecule has 0 aromatic carbocycles. The van der Waals surface area contributed by atoms with Crippen molar-refractivity contribution in [2.75, 3.05) is 0 Å². The van der Waals surface area contributed by atoms with E-state index in [-0.39, 0.29) is 0 Å². The molecule has 0 unspecified atom stereocenters. The number of nitrogens with zero attached hydrogens (tertiary/aromatic N) is 2. The van der Waals surface area contributed by atoms with E-state index in [2.05, 4.69) is 4.83 Å². The van der Waals surface area contributed by atoms with Crippen LogP contribution in [0, 0.1) is 0 Å². The largest absolute Gasteiger partial charge is 0.332 e. The summed E-state index contributed by atoms with van der Waals surface area (Å²) in [5, 5.41) is 1.68. The molecule has 0 aliphatic carbocycles. The van der Waals surface area contributed by atoms with Gasteiger partial charge in [0.1, 0.15) is 0 Å². The molecule has 2 rings (SSSR count). The Kier molecular flexibility index (Phi) is 0.878. The summed E-state index contributed by atoms with van der Waals surface area (Å²) in [7, 11) is -3.16. The molecule has 9 heavy (non-hydrogen) atoms. The van der Waals surface area contributed by atoms with Crippen molar-refractivity contribution >= 4 is 22.2 Å². The van der Waals surface area contributed by atoms with Gasteiger partial charge in [-0.2, -0.15) is 12.8 Å². The molecule has 0 bridgehead atoms. The molecule has 2 aliphatic heterocycles. The molecule has 2 aliphatic rings. The molecule has 50 valence electrons. The molecular weight excluding hydrogens is 162 g/mol. The first-order valence-electron chi connectivity index (χ1n) is 2.15. The van der Waals surface area contributed by atoms with E-state index >= 15 is 0 Å². The molecule has 0 spiro atoms. The summed E-state index contributed by atoms with van der Waals surface area (Å²) in [4.78, 5) is 2.21. The van der Waals surface area contributed by atoms with Gasteiger partial charge in [0, 0.05) is 11.6 Å². The zero-order chi connectivity index (χ0) is 6.48. The number of hydrogen-bond acceptors (Lipinski definition) is 4. The van der Waals surface area contributed by atoms with Gasteiger partial charge in [0.15, 0.2) is 0 Å². The average molecular weight is 165 g/mol. The zero-order valence-corrected chi connectivity index (χ0v) is 5.82. The van der Waals surface area contributed by atoms with Crippen LogP contribution in [0.3, 0.4) is 0 Å². The smallest absolute Gasteiger partial charge is 0.186 e. The van der Waals surface area contributed by atoms with Crippen LogP contribution >= 0.6 is 11.9 Å². The highest BCUT2D eigenvalue weighted by Crippen LogP contribution is 2.30. The van der Waals surface area contributed by atoms with Gasteiger partial charge in [-0.25, -0.2) is 0 Å². The summed E-state index contributed by atoms with van der Waals surface area (Å²) in [5.74, 6) is 0. The Hall–Kier alpha value is -0.240. The Morgan fingerprint density at radius 3 is 2.78 bits per heavy atom. The Morgan fingerprint density at radius 2 is 2.33 bits per heavy atom. The number of fused-ring (bicyclic) bond motifs is 1. The van der Waals surface area contributed by atoms with Crippen LogP contribution < -0.4 is 4.83 Å². The van der Waals surface area contributed by atoms with Crippen LogP contribution in [-0.4, -0.2) is 17.4 Å². The van der Waals surface area contributed by atoms with Crippen molar-refractivity contribution in [2.45, 2.75) is 0 Å². The Labute approximate surface area is 56.6 Å². The molecule has 0 saturated carbocycles. The molecule has 0 radical (unpaired) electrons. The third kappa shape index (κ3) is 0.597. The average Bonchev–Trinajstić information content (AvgIpc) is 2.10. The van der Waals surface area contributed by atoms with Gasteiger partial charge in [0.2, 0.25) is 0 Å². The Bertz CT molecular complexity index is 257. The molecule has 1 fully saturated rings. The van der Waals surface area contributed by atoms with Crippen LogP contribution in [0.15, 0.2) is 11.6 Å². The van der Waals surface area contributed by atoms with Crippen LogP contribution in [0.5, 0.6) is 0 Å². The van der Waals surface area contributed by atoms with Crippen molar-refractivity contribution < 1.29 is 8.42 Å². The minimum absolute atomic E-state index is 1.12. The topological polar surface area (TPSA) is 52.7 Å². The molecule has 0 atom stereocenters. The first-order chi connectivity index (χ1) is 4.20. The zero-order valence-electron chi connectivity index (χ0n) is 4.18. The van der Waals surface area contributed by atoms with Gasteiger partial charge in [-0.15, -0.1) is 0 Å². The second-order valence-corrected chi connectivity index (χ2v) is 3.87.